The molecule has 7 nitrogen and oxygen atoms in total. The van der Waals surface area contributed by atoms with Crippen molar-refractivity contribution in [1.82, 2.24) is 24.8 Å². The predicted octanol–water partition coefficient (Wildman–Crippen LogP) is 1.02. The second-order valence-corrected chi connectivity index (χ2v) is 7.51. The molecule has 0 spiro atoms. The van der Waals surface area contributed by atoms with Gasteiger partial charge in [0.15, 0.2) is 11.5 Å². The van der Waals surface area contributed by atoms with Crippen LogP contribution in [0, 0.1) is 11.8 Å². The summed E-state index contributed by atoms with van der Waals surface area (Å²) < 4.78 is 0. The quantitative estimate of drug-likeness (QED) is 0.857. The average molecular weight is 328 g/mol. The summed E-state index contributed by atoms with van der Waals surface area (Å²) in [5, 5.41) is 10.0. The Morgan fingerprint density at radius 2 is 2.08 bits per heavy atom. The molecular formula is C17H24N6O. The molecule has 24 heavy (non-hydrogen) atoms. The van der Waals surface area contributed by atoms with Gasteiger partial charge in [-0.25, -0.2) is 15.0 Å². The first-order chi connectivity index (χ1) is 11.8. The second kappa shape index (κ2) is 5.67. The summed E-state index contributed by atoms with van der Waals surface area (Å²) in [4.78, 5) is 21.3. The maximum absolute atomic E-state index is 10.0. The van der Waals surface area contributed by atoms with Gasteiger partial charge < -0.3 is 15.0 Å². The van der Waals surface area contributed by atoms with Gasteiger partial charge in [0.05, 0.1) is 12.9 Å². The molecule has 0 saturated carbocycles. The van der Waals surface area contributed by atoms with Gasteiger partial charge in [-0.3, -0.25) is 4.90 Å². The lowest BCUT2D eigenvalue weighted by atomic mass is 9.72. The molecule has 3 fully saturated rings. The molecule has 0 radical (unpaired) electrons. The summed E-state index contributed by atoms with van der Waals surface area (Å²) in [7, 11) is 0. The van der Waals surface area contributed by atoms with Crippen molar-refractivity contribution in [2.45, 2.75) is 37.8 Å². The van der Waals surface area contributed by atoms with E-state index in [0.717, 1.165) is 36.6 Å². The first-order valence-corrected chi connectivity index (χ1v) is 9.11. The Morgan fingerprint density at radius 3 is 3.00 bits per heavy atom. The van der Waals surface area contributed by atoms with E-state index in [1.807, 2.05) is 0 Å². The van der Waals surface area contributed by atoms with Crippen LogP contribution in [-0.2, 0) is 0 Å². The molecule has 5 rings (SSSR count). The number of nitrogens with zero attached hydrogens (tertiary/aromatic N) is 5. The van der Waals surface area contributed by atoms with Gasteiger partial charge in [-0.15, -0.1) is 0 Å². The number of aromatic nitrogens is 4. The van der Waals surface area contributed by atoms with E-state index in [-0.39, 0.29) is 6.61 Å². The van der Waals surface area contributed by atoms with E-state index in [0.29, 0.717) is 23.9 Å². The van der Waals surface area contributed by atoms with Gasteiger partial charge in [0.25, 0.3) is 0 Å². The molecule has 3 aliphatic heterocycles. The monoisotopic (exact) mass is 328 g/mol. The fourth-order valence-electron chi connectivity index (χ4n) is 5.32. The topological polar surface area (TPSA) is 81.2 Å². The highest BCUT2D eigenvalue weighted by atomic mass is 16.3. The number of H-pyrrole nitrogens is 1. The summed E-state index contributed by atoms with van der Waals surface area (Å²) in [6.45, 7) is 3.42. The maximum Gasteiger partial charge on any atom is 0.182 e. The number of imidazole rings is 1. The van der Waals surface area contributed by atoms with Crippen LogP contribution in [0.2, 0.25) is 0 Å². The number of rotatable bonds is 2. The highest BCUT2D eigenvalue weighted by molar-refractivity contribution is 5.82. The molecule has 2 aromatic rings. The van der Waals surface area contributed by atoms with E-state index < -0.39 is 0 Å². The van der Waals surface area contributed by atoms with Gasteiger partial charge in [0, 0.05) is 25.2 Å². The Morgan fingerprint density at radius 1 is 1.17 bits per heavy atom. The fourth-order valence-corrected chi connectivity index (χ4v) is 5.32. The average Bonchev–Trinajstić information content (AvgIpc) is 3.11. The Labute approximate surface area is 141 Å². The molecule has 0 aliphatic carbocycles. The molecule has 4 atom stereocenters. The van der Waals surface area contributed by atoms with Crippen molar-refractivity contribution in [2.75, 3.05) is 31.1 Å². The lowest BCUT2D eigenvalue weighted by molar-refractivity contribution is -0.0518. The number of hydrogen-bond donors (Lipinski definition) is 2. The van der Waals surface area contributed by atoms with Crippen LogP contribution in [0.5, 0.6) is 0 Å². The number of anilines is 1. The van der Waals surface area contributed by atoms with Crippen LogP contribution in [-0.4, -0.2) is 68.3 Å². The molecule has 3 saturated heterocycles. The lowest BCUT2D eigenvalue weighted by Crippen LogP contribution is -2.64. The van der Waals surface area contributed by atoms with E-state index in [4.69, 9.17) is 0 Å². The summed E-state index contributed by atoms with van der Waals surface area (Å²) in [6, 6.07) is 0.919. The largest absolute Gasteiger partial charge is 0.395 e. The van der Waals surface area contributed by atoms with Crippen molar-refractivity contribution < 1.29 is 5.11 Å². The Bertz CT molecular complexity index is 719. The van der Waals surface area contributed by atoms with Crippen molar-refractivity contribution in [2.24, 2.45) is 11.8 Å². The van der Waals surface area contributed by atoms with Gasteiger partial charge in [-0.2, -0.15) is 0 Å². The third-order valence-corrected chi connectivity index (χ3v) is 6.31. The number of fused-ring (bicyclic) bond motifs is 5. The van der Waals surface area contributed by atoms with Crippen LogP contribution in [0.25, 0.3) is 11.2 Å². The number of hydrogen-bond acceptors (Lipinski definition) is 6. The van der Waals surface area contributed by atoms with Gasteiger partial charge in [-0.1, -0.05) is 6.42 Å². The number of nitrogens with one attached hydrogen (secondary N) is 1. The smallest absolute Gasteiger partial charge is 0.182 e. The predicted molar refractivity (Wildman–Crippen MR) is 90.7 cm³/mol. The molecule has 7 heteroatoms. The highest BCUT2D eigenvalue weighted by Crippen LogP contribution is 2.42. The summed E-state index contributed by atoms with van der Waals surface area (Å²) in [5.74, 6) is 2.14. The normalized spacial score (nSPS) is 33.6. The van der Waals surface area contributed by atoms with Crippen LogP contribution in [0.4, 0.5) is 5.82 Å². The van der Waals surface area contributed by atoms with E-state index in [9.17, 15) is 5.11 Å². The van der Waals surface area contributed by atoms with E-state index in [1.54, 1.807) is 12.7 Å². The van der Waals surface area contributed by atoms with Crippen LogP contribution in [0.15, 0.2) is 12.7 Å². The van der Waals surface area contributed by atoms with Crippen LogP contribution in [0.1, 0.15) is 25.7 Å². The lowest BCUT2D eigenvalue weighted by Gasteiger charge is -2.56. The number of aliphatic hydroxyl groups excluding tert-OH is 1. The number of piperidine rings is 3. The van der Waals surface area contributed by atoms with Crippen molar-refractivity contribution >= 4 is 17.0 Å². The minimum Gasteiger partial charge on any atom is -0.395 e. The van der Waals surface area contributed by atoms with Gasteiger partial charge in [-0.05, 0) is 37.6 Å². The van der Waals surface area contributed by atoms with E-state index >= 15 is 0 Å². The molecule has 0 unspecified atom stereocenters. The molecule has 3 aliphatic rings. The maximum atomic E-state index is 10.0. The Balaban J connectivity index is 1.50. The van der Waals surface area contributed by atoms with Crippen LogP contribution < -0.4 is 4.90 Å². The number of aliphatic hydroxyl groups is 1. The molecular weight excluding hydrogens is 304 g/mol. The molecule has 2 N–H and O–H groups in total. The van der Waals surface area contributed by atoms with Crippen LogP contribution >= 0.6 is 0 Å². The Hall–Kier alpha value is -1.73. The molecule has 128 valence electrons. The SMILES string of the molecule is OC[C@H]1[C@H]2C[C@H](CN(c3ncnc4nc[nH]c34)C2)[C@@H]2CCCCN12. The van der Waals surface area contributed by atoms with Crippen molar-refractivity contribution in [3.05, 3.63) is 12.7 Å². The minimum absolute atomic E-state index is 0.269. The number of aromatic amines is 1. The zero-order valence-electron chi connectivity index (χ0n) is 13.8. The van der Waals surface area contributed by atoms with Gasteiger partial charge in [0.2, 0.25) is 0 Å². The van der Waals surface area contributed by atoms with Crippen molar-refractivity contribution in [3.63, 3.8) is 0 Å². The van der Waals surface area contributed by atoms with Gasteiger partial charge >= 0.3 is 0 Å². The Kier molecular flexibility index (Phi) is 3.45. The molecule has 2 aromatic heterocycles. The summed E-state index contributed by atoms with van der Waals surface area (Å²) in [6.07, 6.45) is 8.40. The first kappa shape index (κ1) is 14.6. The molecule has 0 aromatic carbocycles. The van der Waals surface area contributed by atoms with Crippen molar-refractivity contribution in [3.8, 4) is 0 Å². The zero-order chi connectivity index (χ0) is 16.1. The van der Waals surface area contributed by atoms with Gasteiger partial charge in [0.1, 0.15) is 11.8 Å². The third kappa shape index (κ3) is 2.14. The third-order valence-electron chi connectivity index (χ3n) is 6.31. The summed E-state index contributed by atoms with van der Waals surface area (Å²) >= 11 is 0. The molecule has 2 bridgehead atoms. The first-order valence-electron chi connectivity index (χ1n) is 9.11. The standard InChI is InChI=1S/C17H24N6O/c24-8-14-12-5-11(13-3-1-2-4-23(13)14)6-22(7-12)17-15-16(19-9-18-15)20-10-21-17/h9-14,24H,1-8H2,(H,18,19,20,21)/t11-,12+,13+,14+/m1/s1. The summed E-state index contributed by atoms with van der Waals surface area (Å²) in [5.41, 5.74) is 1.66. The fraction of sp³-hybridized carbons (Fsp3) is 0.706. The highest BCUT2D eigenvalue weighted by Gasteiger charge is 2.47. The second-order valence-electron chi connectivity index (χ2n) is 7.51. The van der Waals surface area contributed by atoms with E-state index in [2.05, 4.69) is 29.7 Å². The molecule has 0 amide bonds. The minimum atomic E-state index is 0.269. The van der Waals surface area contributed by atoms with Crippen molar-refractivity contribution in [1.29, 1.82) is 0 Å². The van der Waals surface area contributed by atoms with E-state index in [1.165, 1.54) is 25.7 Å². The van der Waals surface area contributed by atoms with Crippen LogP contribution in [0.3, 0.4) is 0 Å². The zero-order valence-corrected chi connectivity index (χ0v) is 13.8. The molecule has 5 heterocycles.